The zero-order valence-corrected chi connectivity index (χ0v) is 11.9. The van der Waals surface area contributed by atoms with Crippen LogP contribution in [-0.2, 0) is 4.79 Å². The van der Waals surface area contributed by atoms with Crippen molar-refractivity contribution in [2.75, 3.05) is 19.0 Å². The number of nitrogens with one attached hydrogen (secondary N) is 2. The van der Waals surface area contributed by atoms with Crippen LogP contribution in [-0.4, -0.2) is 30.8 Å². The Bertz CT molecular complexity index is 500. The van der Waals surface area contributed by atoms with Crippen LogP contribution in [0.25, 0.3) is 0 Å². The first-order chi connectivity index (χ1) is 9.43. The van der Waals surface area contributed by atoms with Gasteiger partial charge in [0.1, 0.15) is 5.75 Å². The molecule has 0 aliphatic rings. The number of hydrogen-bond donors (Lipinski definition) is 3. The molecule has 0 bridgehead atoms. The molecule has 0 saturated carbocycles. The highest BCUT2D eigenvalue weighted by atomic mass is 16.5. The maximum atomic E-state index is 11.7. The average molecular weight is 280 g/mol. The highest BCUT2D eigenvalue weighted by Crippen LogP contribution is 2.25. The highest BCUT2D eigenvalue weighted by Gasteiger charge is 2.08. The van der Waals surface area contributed by atoms with Crippen LogP contribution >= 0.6 is 0 Å². The summed E-state index contributed by atoms with van der Waals surface area (Å²) in [6.07, 6.45) is 0.449. The number of ether oxygens (including phenoxy) is 1. The van der Waals surface area contributed by atoms with E-state index in [1.54, 1.807) is 7.11 Å². The lowest BCUT2D eigenvalue weighted by Gasteiger charge is -2.13. The van der Waals surface area contributed by atoms with Gasteiger partial charge >= 0.3 is 12.0 Å². The second kappa shape index (κ2) is 7.37. The minimum absolute atomic E-state index is 0.0426. The third-order valence-electron chi connectivity index (χ3n) is 2.84. The number of anilines is 1. The van der Waals surface area contributed by atoms with Gasteiger partial charge in [-0.2, -0.15) is 0 Å². The summed E-state index contributed by atoms with van der Waals surface area (Å²) < 4.78 is 5.20. The number of urea groups is 1. The van der Waals surface area contributed by atoms with Crippen molar-refractivity contribution in [2.24, 2.45) is 0 Å². The Morgan fingerprint density at radius 3 is 2.55 bits per heavy atom. The maximum absolute atomic E-state index is 11.7. The summed E-state index contributed by atoms with van der Waals surface area (Å²) in [6.45, 7) is 4.10. The van der Waals surface area contributed by atoms with Crippen molar-refractivity contribution >= 4 is 17.7 Å². The fourth-order valence-corrected chi connectivity index (χ4v) is 1.75. The summed E-state index contributed by atoms with van der Waals surface area (Å²) in [6, 6.07) is 3.35. The van der Waals surface area contributed by atoms with Gasteiger partial charge in [0.2, 0.25) is 0 Å². The summed E-state index contributed by atoms with van der Waals surface area (Å²) in [5.74, 6) is -0.0938. The monoisotopic (exact) mass is 280 g/mol. The molecule has 1 aromatic carbocycles. The Morgan fingerprint density at radius 1 is 1.25 bits per heavy atom. The van der Waals surface area contributed by atoms with E-state index in [0.717, 1.165) is 16.9 Å². The molecule has 0 heterocycles. The molecular formula is C14H20N2O4. The molecule has 0 spiro atoms. The SMILES string of the molecule is COc1cc(C)c(NC(=O)NCCCC(=O)O)cc1C. The summed E-state index contributed by atoms with van der Waals surface area (Å²) in [5.41, 5.74) is 2.53. The fraction of sp³-hybridized carbons (Fsp3) is 0.429. The predicted molar refractivity (Wildman–Crippen MR) is 76.4 cm³/mol. The van der Waals surface area contributed by atoms with Crippen molar-refractivity contribution in [3.8, 4) is 5.75 Å². The molecule has 6 nitrogen and oxygen atoms in total. The number of benzene rings is 1. The Kier molecular flexibility index (Phi) is 5.83. The maximum Gasteiger partial charge on any atom is 0.319 e. The number of methoxy groups -OCH3 is 1. The van der Waals surface area contributed by atoms with Crippen molar-refractivity contribution in [3.63, 3.8) is 0 Å². The highest BCUT2D eigenvalue weighted by molar-refractivity contribution is 5.90. The normalized spacial score (nSPS) is 9.95. The number of hydrogen-bond acceptors (Lipinski definition) is 3. The minimum atomic E-state index is -0.867. The zero-order valence-electron chi connectivity index (χ0n) is 11.9. The van der Waals surface area contributed by atoms with Crippen LogP contribution < -0.4 is 15.4 Å². The van der Waals surface area contributed by atoms with E-state index >= 15 is 0 Å². The molecule has 0 aliphatic carbocycles. The number of carboxylic acids is 1. The van der Waals surface area contributed by atoms with Gasteiger partial charge in [-0.15, -0.1) is 0 Å². The third kappa shape index (κ3) is 4.79. The molecule has 0 atom stereocenters. The molecule has 3 N–H and O–H groups in total. The van der Waals surface area contributed by atoms with E-state index in [1.165, 1.54) is 0 Å². The molecule has 0 saturated heterocycles. The Hall–Kier alpha value is -2.24. The number of carbonyl (C=O) groups excluding carboxylic acids is 1. The first-order valence-electron chi connectivity index (χ1n) is 6.36. The first kappa shape index (κ1) is 15.8. The molecule has 6 heteroatoms. The molecule has 1 rings (SSSR count). The molecule has 0 aromatic heterocycles. The van der Waals surface area contributed by atoms with Gasteiger partial charge in [-0.3, -0.25) is 4.79 Å². The lowest BCUT2D eigenvalue weighted by Crippen LogP contribution is -2.30. The smallest absolute Gasteiger partial charge is 0.319 e. The predicted octanol–water partition coefficient (Wildman–Crippen LogP) is 2.30. The Balaban J connectivity index is 2.53. The van der Waals surface area contributed by atoms with Crippen LogP contribution in [0.4, 0.5) is 10.5 Å². The van der Waals surface area contributed by atoms with Crippen LogP contribution in [0.15, 0.2) is 12.1 Å². The summed E-state index contributed by atoms with van der Waals surface area (Å²) in [5, 5.41) is 13.8. The van der Waals surface area contributed by atoms with Crippen LogP contribution in [0.1, 0.15) is 24.0 Å². The molecule has 0 radical (unpaired) electrons. The first-order valence-corrected chi connectivity index (χ1v) is 6.36. The number of amides is 2. The Morgan fingerprint density at radius 2 is 1.95 bits per heavy atom. The zero-order chi connectivity index (χ0) is 15.1. The van der Waals surface area contributed by atoms with Crippen molar-refractivity contribution in [1.29, 1.82) is 0 Å². The lowest BCUT2D eigenvalue weighted by atomic mass is 10.1. The molecular weight excluding hydrogens is 260 g/mol. The number of carbonyl (C=O) groups is 2. The quantitative estimate of drug-likeness (QED) is 0.698. The van der Waals surface area contributed by atoms with Crippen LogP contribution in [0.2, 0.25) is 0 Å². The van der Waals surface area contributed by atoms with E-state index in [4.69, 9.17) is 9.84 Å². The number of rotatable bonds is 6. The van der Waals surface area contributed by atoms with Gasteiger partial charge in [-0.05, 0) is 43.5 Å². The van der Waals surface area contributed by atoms with Gasteiger partial charge in [-0.25, -0.2) is 4.79 Å². The van der Waals surface area contributed by atoms with E-state index in [0.29, 0.717) is 18.7 Å². The van der Waals surface area contributed by atoms with Crippen LogP contribution in [0.3, 0.4) is 0 Å². The van der Waals surface area contributed by atoms with E-state index in [1.807, 2.05) is 26.0 Å². The average Bonchev–Trinajstić information content (AvgIpc) is 2.38. The van der Waals surface area contributed by atoms with Gasteiger partial charge in [0, 0.05) is 18.7 Å². The number of carboxylic acid groups (broad SMARTS) is 1. The van der Waals surface area contributed by atoms with Crippen LogP contribution in [0, 0.1) is 13.8 Å². The standard InChI is InChI=1S/C14H20N2O4/c1-9-8-12(20-3)10(2)7-11(9)16-14(19)15-6-4-5-13(17)18/h7-8H,4-6H2,1-3H3,(H,17,18)(H2,15,16,19). The summed E-state index contributed by atoms with van der Waals surface area (Å²) in [7, 11) is 1.60. The Labute approximate surface area is 118 Å². The van der Waals surface area contributed by atoms with E-state index in [2.05, 4.69) is 10.6 Å². The minimum Gasteiger partial charge on any atom is -0.496 e. The fourth-order valence-electron chi connectivity index (χ4n) is 1.75. The largest absolute Gasteiger partial charge is 0.496 e. The van der Waals surface area contributed by atoms with Gasteiger partial charge in [-0.1, -0.05) is 0 Å². The van der Waals surface area contributed by atoms with Gasteiger partial charge < -0.3 is 20.5 Å². The van der Waals surface area contributed by atoms with Crippen molar-refractivity contribution in [1.82, 2.24) is 5.32 Å². The second-order valence-electron chi connectivity index (χ2n) is 4.51. The van der Waals surface area contributed by atoms with Crippen molar-refractivity contribution in [3.05, 3.63) is 23.3 Å². The molecule has 110 valence electrons. The molecule has 0 unspecified atom stereocenters. The lowest BCUT2D eigenvalue weighted by molar-refractivity contribution is -0.137. The van der Waals surface area contributed by atoms with E-state index in [-0.39, 0.29) is 12.5 Å². The van der Waals surface area contributed by atoms with Crippen molar-refractivity contribution in [2.45, 2.75) is 26.7 Å². The van der Waals surface area contributed by atoms with Gasteiger partial charge in [0.05, 0.1) is 7.11 Å². The summed E-state index contributed by atoms with van der Waals surface area (Å²) in [4.78, 5) is 22.0. The number of aryl methyl sites for hydroxylation is 2. The second-order valence-corrected chi connectivity index (χ2v) is 4.51. The topological polar surface area (TPSA) is 87.7 Å². The summed E-state index contributed by atoms with van der Waals surface area (Å²) >= 11 is 0. The van der Waals surface area contributed by atoms with Crippen molar-refractivity contribution < 1.29 is 19.4 Å². The van der Waals surface area contributed by atoms with Crippen LogP contribution in [0.5, 0.6) is 5.75 Å². The molecule has 0 aliphatic heterocycles. The number of aliphatic carboxylic acids is 1. The molecule has 2 amide bonds. The third-order valence-corrected chi connectivity index (χ3v) is 2.84. The molecule has 1 aromatic rings. The van der Waals surface area contributed by atoms with E-state index in [9.17, 15) is 9.59 Å². The molecule has 20 heavy (non-hydrogen) atoms. The van der Waals surface area contributed by atoms with Gasteiger partial charge in [0.15, 0.2) is 0 Å². The van der Waals surface area contributed by atoms with E-state index < -0.39 is 5.97 Å². The molecule has 0 fully saturated rings. The van der Waals surface area contributed by atoms with Gasteiger partial charge in [0.25, 0.3) is 0 Å².